The summed E-state index contributed by atoms with van der Waals surface area (Å²) in [6, 6.07) is 5.69. The molecule has 6 nitrogen and oxygen atoms in total. The lowest BCUT2D eigenvalue weighted by Crippen LogP contribution is -2.37. The van der Waals surface area contributed by atoms with Gasteiger partial charge in [0.25, 0.3) is 5.91 Å². The van der Waals surface area contributed by atoms with Gasteiger partial charge in [0.05, 0.1) is 11.7 Å². The van der Waals surface area contributed by atoms with Gasteiger partial charge in [-0.15, -0.1) is 0 Å². The first kappa shape index (κ1) is 15.2. The number of carbonyl (C=O) groups is 1. The quantitative estimate of drug-likeness (QED) is 0.914. The van der Waals surface area contributed by atoms with E-state index < -0.39 is 0 Å². The van der Waals surface area contributed by atoms with Crippen LogP contribution in [0.5, 0.6) is 0 Å². The molecular formula is C18H21N5O. The van der Waals surface area contributed by atoms with Crippen LogP contribution in [0.3, 0.4) is 0 Å². The van der Waals surface area contributed by atoms with Crippen molar-refractivity contribution in [2.24, 2.45) is 0 Å². The topological polar surface area (TPSA) is 71.0 Å². The Labute approximate surface area is 141 Å². The van der Waals surface area contributed by atoms with Crippen molar-refractivity contribution < 1.29 is 4.79 Å². The van der Waals surface area contributed by atoms with E-state index in [0.717, 1.165) is 36.5 Å². The SMILES string of the molecule is O=C(c1ccccn1)N1CCc2nc(C3CCCCN3)ncc2C1. The highest BCUT2D eigenvalue weighted by Gasteiger charge is 2.25. The number of carbonyl (C=O) groups excluding carboxylic acids is 1. The Morgan fingerprint density at radius 1 is 1.25 bits per heavy atom. The zero-order chi connectivity index (χ0) is 16.4. The van der Waals surface area contributed by atoms with E-state index in [0.29, 0.717) is 18.8 Å². The maximum Gasteiger partial charge on any atom is 0.272 e. The van der Waals surface area contributed by atoms with Crippen molar-refractivity contribution in [3.05, 3.63) is 53.4 Å². The summed E-state index contributed by atoms with van der Waals surface area (Å²) in [5, 5.41) is 3.49. The zero-order valence-corrected chi connectivity index (χ0v) is 13.6. The number of aromatic nitrogens is 3. The molecule has 2 aliphatic rings. The van der Waals surface area contributed by atoms with E-state index in [1.807, 2.05) is 23.2 Å². The Morgan fingerprint density at radius 3 is 3.00 bits per heavy atom. The minimum Gasteiger partial charge on any atom is -0.332 e. The second-order valence-corrected chi connectivity index (χ2v) is 6.39. The van der Waals surface area contributed by atoms with Gasteiger partial charge in [-0.3, -0.25) is 9.78 Å². The summed E-state index contributed by atoms with van der Waals surface area (Å²) < 4.78 is 0. The van der Waals surface area contributed by atoms with Crippen molar-refractivity contribution in [2.75, 3.05) is 13.1 Å². The summed E-state index contributed by atoms with van der Waals surface area (Å²) in [5.41, 5.74) is 2.62. The largest absolute Gasteiger partial charge is 0.332 e. The predicted octanol–water partition coefficient (Wildman–Crippen LogP) is 1.88. The van der Waals surface area contributed by atoms with E-state index in [2.05, 4.69) is 15.3 Å². The van der Waals surface area contributed by atoms with Gasteiger partial charge in [-0.2, -0.15) is 0 Å². The van der Waals surface area contributed by atoms with Crippen molar-refractivity contribution >= 4 is 5.91 Å². The number of amides is 1. The third kappa shape index (κ3) is 3.01. The Hall–Kier alpha value is -2.34. The molecular weight excluding hydrogens is 302 g/mol. The number of pyridine rings is 1. The number of nitrogens with zero attached hydrogens (tertiary/aromatic N) is 4. The molecule has 1 saturated heterocycles. The normalized spacial score (nSPS) is 20.5. The summed E-state index contributed by atoms with van der Waals surface area (Å²) in [4.78, 5) is 27.8. The average molecular weight is 323 g/mol. The minimum absolute atomic E-state index is 0.0285. The Bertz CT molecular complexity index is 727. The van der Waals surface area contributed by atoms with Crippen LogP contribution in [0.1, 0.15) is 52.9 Å². The van der Waals surface area contributed by atoms with Gasteiger partial charge in [-0.1, -0.05) is 12.5 Å². The van der Waals surface area contributed by atoms with Crippen LogP contribution in [0, 0.1) is 0 Å². The monoisotopic (exact) mass is 323 g/mol. The van der Waals surface area contributed by atoms with E-state index >= 15 is 0 Å². The fourth-order valence-electron chi connectivity index (χ4n) is 3.40. The van der Waals surface area contributed by atoms with Crippen molar-refractivity contribution in [1.82, 2.24) is 25.2 Å². The molecule has 1 unspecified atom stereocenters. The zero-order valence-electron chi connectivity index (χ0n) is 13.6. The highest BCUT2D eigenvalue weighted by atomic mass is 16.2. The summed E-state index contributed by atoms with van der Waals surface area (Å²) in [5.74, 6) is 0.872. The van der Waals surface area contributed by atoms with Crippen LogP contribution in [-0.4, -0.2) is 38.8 Å². The molecule has 2 aromatic heterocycles. The molecule has 124 valence electrons. The lowest BCUT2D eigenvalue weighted by atomic mass is 10.0. The molecule has 4 heterocycles. The lowest BCUT2D eigenvalue weighted by Gasteiger charge is -2.29. The molecule has 0 aromatic carbocycles. The molecule has 1 fully saturated rings. The number of piperidine rings is 1. The van der Waals surface area contributed by atoms with Gasteiger partial charge in [0, 0.05) is 37.5 Å². The Balaban J connectivity index is 1.50. The average Bonchev–Trinajstić information content (AvgIpc) is 2.68. The predicted molar refractivity (Wildman–Crippen MR) is 89.3 cm³/mol. The van der Waals surface area contributed by atoms with E-state index in [1.54, 1.807) is 12.3 Å². The third-order valence-electron chi connectivity index (χ3n) is 4.75. The molecule has 1 N–H and O–H groups in total. The highest BCUT2D eigenvalue weighted by molar-refractivity contribution is 5.92. The second kappa shape index (κ2) is 6.65. The molecule has 0 bridgehead atoms. The number of hydrogen-bond acceptors (Lipinski definition) is 5. The van der Waals surface area contributed by atoms with Gasteiger partial charge >= 0.3 is 0 Å². The summed E-state index contributed by atoms with van der Waals surface area (Å²) in [6.45, 7) is 2.28. The summed E-state index contributed by atoms with van der Waals surface area (Å²) in [7, 11) is 0. The molecule has 1 atom stereocenters. The van der Waals surface area contributed by atoms with Gasteiger partial charge in [0.1, 0.15) is 11.5 Å². The van der Waals surface area contributed by atoms with Gasteiger partial charge < -0.3 is 10.2 Å². The third-order valence-corrected chi connectivity index (χ3v) is 4.75. The number of fused-ring (bicyclic) bond motifs is 1. The van der Waals surface area contributed by atoms with Crippen LogP contribution < -0.4 is 5.32 Å². The van der Waals surface area contributed by atoms with E-state index in [-0.39, 0.29) is 11.9 Å². The molecule has 24 heavy (non-hydrogen) atoms. The maximum atomic E-state index is 12.5. The van der Waals surface area contributed by atoms with Crippen LogP contribution in [0.4, 0.5) is 0 Å². The van der Waals surface area contributed by atoms with Crippen LogP contribution in [-0.2, 0) is 13.0 Å². The molecule has 2 aromatic rings. The summed E-state index contributed by atoms with van der Waals surface area (Å²) in [6.07, 6.45) is 7.87. The lowest BCUT2D eigenvalue weighted by molar-refractivity contribution is 0.0727. The van der Waals surface area contributed by atoms with Crippen molar-refractivity contribution in [3.63, 3.8) is 0 Å². The standard InChI is InChI=1S/C18H21N5O/c24-18(16-6-2-4-9-20-16)23-10-7-14-13(12-23)11-21-17(22-14)15-5-1-3-8-19-15/h2,4,6,9,11,15,19H,1,3,5,7-8,10,12H2. The molecule has 0 radical (unpaired) electrons. The Kier molecular flexibility index (Phi) is 4.21. The first-order valence-electron chi connectivity index (χ1n) is 8.59. The fourth-order valence-corrected chi connectivity index (χ4v) is 3.40. The van der Waals surface area contributed by atoms with Gasteiger partial charge in [0.2, 0.25) is 0 Å². The van der Waals surface area contributed by atoms with Crippen molar-refractivity contribution in [2.45, 2.75) is 38.3 Å². The van der Waals surface area contributed by atoms with Crippen LogP contribution in [0.25, 0.3) is 0 Å². The van der Waals surface area contributed by atoms with E-state index in [9.17, 15) is 4.79 Å². The van der Waals surface area contributed by atoms with Crippen molar-refractivity contribution in [3.8, 4) is 0 Å². The minimum atomic E-state index is -0.0285. The van der Waals surface area contributed by atoms with Crippen molar-refractivity contribution in [1.29, 1.82) is 0 Å². The maximum absolute atomic E-state index is 12.5. The Morgan fingerprint density at radius 2 is 2.21 bits per heavy atom. The van der Waals surface area contributed by atoms with Crippen LogP contribution >= 0.6 is 0 Å². The van der Waals surface area contributed by atoms with Gasteiger partial charge in [-0.25, -0.2) is 9.97 Å². The second-order valence-electron chi connectivity index (χ2n) is 6.39. The number of hydrogen-bond donors (Lipinski definition) is 1. The van der Waals surface area contributed by atoms with Crippen LogP contribution in [0.15, 0.2) is 30.6 Å². The fraction of sp³-hybridized carbons (Fsp3) is 0.444. The first-order valence-corrected chi connectivity index (χ1v) is 8.59. The summed E-state index contributed by atoms with van der Waals surface area (Å²) >= 11 is 0. The molecule has 0 aliphatic carbocycles. The molecule has 6 heteroatoms. The molecule has 0 spiro atoms. The van der Waals surface area contributed by atoms with Gasteiger partial charge in [-0.05, 0) is 31.5 Å². The van der Waals surface area contributed by atoms with E-state index in [4.69, 9.17) is 4.98 Å². The molecule has 1 amide bonds. The number of rotatable bonds is 2. The smallest absolute Gasteiger partial charge is 0.272 e. The van der Waals surface area contributed by atoms with Gasteiger partial charge in [0.15, 0.2) is 0 Å². The molecule has 0 saturated carbocycles. The molecule has 2 aliphatic heterocycles. The first-order chi connectivity index (χ1) is 11.8. The molecule has 4 rings (SSSR count). The van der Waals surface area contributed by atoms with E-state index in [1.165, 1.54) is 12.8 Å². The number of nitrogens with one attached hydrogen (secondary N) is 1. The highest BCUT2D eigenvalue weighted by Crippen LogP contribution is 2.23. The van der Waals surface area contributed by atoms with Crippen LogP contribution in [0.2, 0.25) is 0 Å².